The Morgan fingerprint density at radius 3 is 2.76 bits per heavy atom. The third kappa shape index (κ3) is 5.15. The fourth-order valence-electron chi connectivity index (χ4n) is 4.13. The molecule has 0 N–H and O–H groups in total. The van der Waals surface area contributed by atoms with Gasteiger partial charge in [0.25, 0.3) is 11.5 Å². The number of thiocarbonyl (C=S) groups is 1. The second-order valence-corrected chi connectivity index (χ2v) is 10.3. The van der Waals surface area contributed by atoms with Crippen LogP contribution < -0.4 is 10.5 Å². The molecule has 1 amide bonds. The van der Waals surface area contributed by atoms with Crippen molar-refractivity contribution in [2.24, 2.45) is 5.92 Å². The molecule has 2 aliphatic rings. The number of carbonyl (C=O) groups is 1. The van der Waals surface area contributed by atoms with E-state index >= 15 is 0 Å². The molecule has 0 aromatic carbocycles. The van der Waals surface area contributed by atoms with Crippen LogP contribution in [0.3, 0.4) is 0 Å². The van der Waals surface area contributed by atoms with Gasteiger partial charge in [-0.05, 0) is 56.7 Å². The number of pyridine rings is 1. The zero-order valence-corrected chi connectivity index (χ0v) is 21.0. The second-order valence-electron chi connectivity index (χ2n) is 8.64. The molecule has 2 fully saturated rings. The minimum absolute atomic E-state index is 0.159. The van der Waals surface area contributed by atoms with Crippen molar-refractivity contribution < 1.29 is 9.53 Å². The first-order valence-corrected chi connectivity index (χ1v) is 12.7. The maximum atomic E-state index is 13.6. The summed E-state index contributed by atoms with van der Waals surface area (Å²) in [5, 5.41) is 0. The van der Waals surface area contributed by atoms with Crippen molar-refractivity contribution in [3.8, 4) is 0 Å². The molecule has 7 nitrogen and oxygen atoms in total. The molecule has 0 unspecified atom stereocenters. The molecular weight excluding hydrogens is 456 g/mol. The van der Waals surface area contributed by atoms with Crippen LogP contribution in [0.4, 0.5) is 5.82 Å². The lowest BCUT2D eigenvalue weighted by atomic mass is 9.99. The van der Waals surface area contributed by atoms with Crippen molar-refractivity contribution in [2.45, 2.75) is 40.0 Å². The van der Waals surface area contributed by atoms with Crippen molar-refractivity contribution in [1.82, 2.24) is 14.3 Å². The Morgan fingerprint density at radius 1 is 1.27 bits per heavy atom. The summed E-state index contributed by atoms with van der Waals surface area (Å²) in [5.74, 6) is 1.15. The van der Waals surface area contributed by atoms with E-state index < -0.39 is 0 Å². The molecule has 0 bridgehead atoms. The number of anilines is 1. The van der Waals surface area contributed by atoms with Crippen LogP contribution >= 0.6 is 24.0 Å². The molecule has 9 heteroatoms. The number of hydrogen-bond donors (Lipinski definition) is 0. The van der Waals surface area contributed by atoms with Gasteiger partial charge in [-0.15, -0.1) is 0 Å². The van der Waals surface area contributed by atoms with Crippen molar-refractivity contribution in [3.05, 3.63) is 44.7 Å². The van der Waals surface area contributed by atoms with E-state index in [1.807, 2.05) is 26.0 Å². The van der Waals surface area contributed by atoms with Gasteiger partial charge in [0, 0.05) is 39.0 Å². The van der Waals surface area contributed by atoms with Crippen LogP contribution in [0.2, 0.25) is 0 Å². The van der Waals surface area contributed by atoms with Gasteiger partial charge in [0.1, 0.15) is 15.8 Å². The zero-order valence-electron chi connectivity index (χ0n) is 19.4. The highest BCUT2D eigenvalue weighted by atomic mass is 32.2. The number of rotatable bonds is 7. The first-order valence-electron chi connectivity index (χ1n) is 11.5. The monoisotopic (exact) mass is 486 g/mol. The summed E-state index contributed by atoms with van der Waals surface area (Å²) < 4.78 is 7.47. The Kier molecular flexibility index (Phi) is 7.51. The Morgan fingerprint density at radius 2 is 2.03 bits per heavy atom. The fourth-order valence-corrected chi connectivity index (χ4v) is 5.42. The van der Waals surface area contributed by atoms with Gasteiger partial charge in [-0.3, -0.25) is 18.9 Å². The van der Waals surface area contributed by atoms with Crippen LogP contribution in [0.5, 0.6) is 0 Å². The summed E-state index contributed by atoms with van der Waals surface area (Å²) in [6.07, 6.45) is 6.30. The van der Waals surface area contributed by atoms with E-state index in [-0.39, 0.29) is 11.5 Å². The largest absolute Gasteiger partial charge is 0.382 e. The molecule has 0 aliphatic carbocycles. The molecule has 2 saturated heterocycles. The van der Waals surface area contributed by atoms with Crippen LogP contribution in [-0.4, -0.2) is 57.4 Å². The van der Waals surface area contributed by atoms with Gasteiger partial charge in [0.05, 0.1) is 10.5 Å². The van der Waals surface area contributed by atoms with E-state index in [1.165, 1.54) is 11.8 Å². The highest BCUT2D eigenvalue weighted by Crippen LogP contribution is 2.34. The predicted molar refractivity (Wildman–Crippen MR) is 138 cm³/mol. The number of carbonyl (C=O) groups excluding carboxylic acids is 1. The second kappa shape index (κ2) is 10.4. The maximum absolute atomic E-state index is 13.6. The molecule has 4 heterocycles. The number of ether oxygens (including phenoxy) is 1. The lowest BCUT2D eigenvalue weighted by Crippen LogP contribution is -2.36. The SMILES string of the molecule is CCOCCCN1C(=O)/C(=C/c2c(N3CCC(C)CC3)nc3ccc(C)cn3c2=O)SC1=S. The summed E-state index contributed by atoms with van der Waals surface area (Å²) in [5.41, 5.74) is 1.86. The van der Waals surface area contributed by atoms with E-state index in [0.29, 0.717) is 58.4 Å². The van der Waals surface area contributed by atoms with Crippen LogP contribution in [0, 0.1) is 12.8 Å². The lowest BCUT2D eigenvalue weighted by Gasteiger charge is -2.32. The molecule has 0 radical (unpaired) electrons. The molecule has 2 aromatic rings. The highest BCUT2D eigenvalue weighted by Gasteiger charge is 2.32. The normalized spacial score (nSPS) is 18.8. The number of thioether (sulfide) groups is 1. The number of hydrogen-bond acceptors (Lipinski definition) is 7. The van der Waals surface area contributed by atoms with Crippen LogP contribution in [0.1, 0.15) is 44.2 Å². The van der Waals surface area contributed by atoms with Gasteiger partial charge in [-0.25, -0.2) is 4.98 Å². The predicted octanol–water partition coefficient (Wildman–Crippen LogP) is 3.87. The molecule has 2 aliphatic heterocycles. The standard InChI is InChI=1S/C24H30N4O3S2/c1-4-31-13-5-10-27-23(30)19(33-24(27)32)14-18-21(26-11-8-16(2)9-12-26)25-20-7-6-17(3)15-28(20)22(18)29/h6-7,14-16H,4-5,8-13H2,1-3H3/b19-14-. The van der Waals surface area contributed by atoms with Gasteiger partial charge >= 0.3 is 0 Å². The molecule has 33 heavy (non-hydrogen) atoms. The van der Waals surface area contributed by atoms with Gasteiger partial charge in [0.2, 0.25) is 0 Å². The quantitative estimate of drug-likeness (QED) is 0.334. The smallest absolute Gasteiger partial charge is 0.267 e. The van der Waals surface area contributed by atoms with Crippen molar-refractivity contribution in [1.29, 1.82) is 0 Å². The number of nitrogens with zero attached hydrogens (tertiary/aromatic N) is 4. The number of aromatic nitrogens is 2. The van der Waals surface area contributed by atoms with E-state index in [9.17, 15) is 9.59 Å². The van der Waals surface area contributed by atoms with Crippen LogP contribution in [-0.2, 0) is 9.53 Å². The molecular formula is C24H30N4O3S2. The highest BCUT2D eigenvalue weighted by molar-refractivity contribution is 8.26. The minimum Gasteiger partial charge on any atom is -0.382 e. The Bertz CT molecular complexity index is 1150. The Labute approximate surface area is 203 Å². The van der Waals surface area contributed by atoms with Crippen molar-refractivity contribution >= 4 is 51.7 Å². The van der Waals surface area contributed by atoms with Gasteiger partial charge in [-0.1, -0.05) is 37.0 Å². The number of amides is 1. The summed E-state index contributed by atoms with van der Waals surface area (Å²) in [6.45, 7) is 9.56. The first kappa shape index (κ1) is 23.9. The Balaban J connectivity index is 1.72. The number of fused-ring (bicyclic) bond motifs is 1. The summed E-state index contributed by atoms with van der Waals surface area (Å²) in [7, 11) is 0. The van der Waals surface area contributed by atoms with Gasteiger partial charge in [-0.2, -0.15) is 0 Å². The topological polar surface area (TPSA) is 67.2 Å². The third-order valence-corrected chi connectivity index (χ3v) is 7.47. The summed E-state index contributed by atoms with van der Waals surface area (Å²) in [6, 6.07) is 3.82. The molecule has 4 rings (SSSR count). The maximum Gasteiger partial charge on any atom is 0.267 e. The zero-order chi connectivity index (χ0) is 23.5. The van der Waals surface area contributed by atoms with Crippen molar-refractivity contribution in [3.63, 3.8) is 0 Å². The average molecular weight is 487 g/mol. The third-order valence-electron chi connectivity index (χ3n) is 6.09. The van der Waals surface area contributed by atoms with Crippen LogP contribution in [0.15, 0.2) is 28.0 Å². The molecule has 0 atom stereocenters. The molecule has 0 spiro atoms. The molecule has 2 aromatic heterocycles. The number of piperidine rings is 1. The van der Waals surface area contributed by atoms with E-state index in [4.69, 9.17) is 21.9 Å². The first-order chi connectivity index (χ1) is 15.9. The van der Waals surface area contributed by atoms with Crippen molar-refractivity contribution in [2.75, 3.05) is 37.7 Å². The van der Waals surface area contributed by atoms with Crippen LogP contribution in [0.25, 0.3) is 11.7 Å². The average Bonchev–Trinajstić information content (AvgIpc) is 3.06. The number of aryl methyl sites for hydroxylation is 1. The van der Waals surface area contributed by atoms with E-state index in [1.54, 1.807) is 21.6 Å². The lowest BCUT2D eigenvalue weighted by molar-refractivity contribution is -0.122. The fraction of sp³-hybridized carbons (Fsp3) is 0.500. The van der Waals surface area contributed by atoms with E-state index in [0.717, 1.165) is 31.5 Å². The van der Waals surface area contributed by atoms with Gasteiger partial charge < -0.3 is 9.64 Å². The van der Waals surface area contributed by atoms with E-state index in [2.05, 4.69) is 11.8 Å². The Hall–Kier alpha value is -2.23. The summed E-state index contributed by atoms with van der Waals surface area (Å²) >= 11 is 6.71. The summed E-state index contributed by atoms with van der Waals surface area (Å²) in [4.78, 5) is 35.8. The molecule has 176 valence electrons. The molecule has 0 saturated carbocycles. The van der Waals surface area contributed by atoms with Gasteiger partial charge in [0.15, 0.2) is 0 Å². The minimum atomic E-state index is -0.168.